The summed E-state index contributed by atoms with van der Waals surface area (Å²) in [6.45, 7) is 0.768. The van der Waals surface area contributed by atoms with Crippen LogP contribution in [0.25, 0.3) is 5.83 Å². The van der Waals surface area contributed by atoms with Crippen molar-refractivity contribution < 1.29 is 27.1 Å². The second-order valence-corrected chi connectivity index (χ2v) is 3.10. The van der Waals surface area contributed by atoms with Crippen molar-refractivity contribution in [2.24, 2.45) is 0 Å². The van der Waals surface area contributed by atoms with Gasteiger partial charge in [0.1, 0.15) is 0 Å². The van der Waals surface area contributed by atoms with Gasteiger partial charge in [-0.15, -0.1) is 0 Å². The third-order valence-corrected chi connectivity index (χ3v) is 1.73. The van der Waals surface area contributed by atoms with Crippen LogP contribution in [-0.2, 0) is 9.53 Å². The second kappa shape index (κ2) is 4.99. The lowest BCUT2D eigenvalue weighted by Gasteiger charge is -2.12. The normalized spacial score (nSPS) is 13.0. The Bertz CT molecular complexity index is 435. The number of benzene rings is 1. The van der Waals surface area contributed by atoms with E-state index in [-0.39, 0.29) is 5.56 Å². The number of hydrogen-bond acceptors (Lipinski definition) is 2. The summed E-state index contributed by atoms with van der Waals surface area (Å²) in [5.74, 6) is -4.78. The predicted octanol–water partition coefficient (Wildman–Crippen LogP) is 3.45. The maximum absolute atomic E-state index is 13.5. The molecule has 0 radical (unpaired) electrons. The molecular formula is C11H8F4O2. The highest BCUT2D eigenvalue weighted by Crippen LogP contribution is 2.34. The lowest BCUT2D eigenvalue weighted by atomic mass is 10.2. The quantitative estimate of drug-likeness (QED) is 0.455. The molecule has 0 saturated carbocycles. The Kier molecular flexibility index (Phi) is 3.88. The van der Waals surface area contributed by atoms with Gasteiger partial charge < -0.3 is 4.74 Å². The number of esters is 1. The predicted molar refractivity (Wildman–Crippen MR) is 52.3 cm³/mol. The number of hydrogen-bond donors (Lipinski definition) is 0. The summed E-state index contributed by atoms with van der Waals surface area (Å²) in [6, 6.07) is 6.55. The average Bonchev–Trinajstić information content (AvgIpc) is 2.24. The fraction of sp³-hybridized carbons (Fsp3) is 0.182. The highest BCUT2D eigenvalue weighted by Gasteiger charge is 2.40. The van der Waals surface area contributed by atoms with E-state index < -0.39 is 23.7 Å². The molecule has 0 amide bonds. The Morgan fingerprint density at radius 3 is 2.12 bits per heavy atom. The van der Waals surface area contributed by atoms with Gasteiger partial charge in [0.25, 0.3) is 0 Å². The molecule has 0 aliphatic heterocycles. The van der Waals surface area contributed by atoms with Crippen LogP contribution in [0.15, 0.2) is 36.1 Å². The Morgan fingerprint density at radius 2 is 1.71 bits per heavy atom. The van der Waals surface area contributed by atoms with E-state index >= 15 is 0 Å². The van der Waals surface area contributed by atoms with Crippen LogP contribution in [0.1, 0.15) is 12.5 Å². The fourth-order valence-corrected chi connectivity index (χ4v) is 1.09. The standard InChI is InChI=1S/C11H8F4O2/c1-7(16)17-10(11(13,14)15)9(12)8-5-3-2-4-6-8/h2-6H,1H3/b10-9-. The van der Waals surface area contributed by atoms with Crippen LogP contribution in [0.2, 0.25) is 0 Å². The zero-order chi connectivity index (χ0) is 13.1. The van der Waals surface area contributed by atoms with Crippen LogP contribution in [-0.4, -0.2) is 12.1 Å². The number of halogens is 4. The van der Waals surface area contributed by atoms with Gasteiger partial charge in [0.05, 0.1) is 0 Å². The van der Waals surface area contributed by atoms with E-state index in [0.29, 0.717) is 0 Å². The van der Waals surface area contributed by atoms with Crippen molar-refractivity contribution in [2.45, 2.75) is 13.1 Å². The molecule has 0 N–H and O–H groups in total. The van der Waals surface area contributed by atoms with E-state index in [1.807, 2.05) is 0 Å². The summed E-state index contributed by atoms with van der Waals surface area (Å²) in [5, 5.41) is 0. The van der Waals surface area contributed by atoms with Crippen molar-refractivity contribution in [2.75, 3.05) is 0 Å². The van der Waals surface area contributed by atoms with Crippen LogP contribution in [0.4, 0.5) is 17.6 Å². The minimum absolute atomic E-state index is 0.305. The van der Waals surface area contributed by atoms with Gasteiger partial charge in [-0.1, -0.05) is 30.3 Å². The van der Waals surface area contributed by atoms with Crippen molar-refractivity contribution in [1.82, 2.24) is 0 Å². The summed E-state index contributed by atoms with van der Waals surface area (Å²) in [5.41, 5.74) is -0.305. The first-order chi connectivity index (χ1) is 7.82. The van der Waals surface area contributed by atoms with Crippen LogP contribution in [0.5, 0.6) is 0 Å². The molecule has 1 rings (SSSR count). The zero-order valence-corrected chi connectivity index (χ0v) is 8.72. The minimum Gasteiger partial charge on any atom is -0.418 e. The summed E-state index contributed by atoms with van der Waals surface area (Å²) in [6.07, 6.45) is -5.06. The molecule has 17 heavy (non-hydrogen) atoms. The van der Waals surface area contributed by atoms with E-state index in [9.17, 15) is 22.4 Å². The van der Waals surface area contributed by atoms with E-state index in [4.69, 9.17) is 0 Å². The van der Waals surface area contributed by atoms with Gasteiger partial charge in [0.2, 0.25) is 5.76 Å². The van der Waals surface area contributed by atoms with Crippen LogP contribution >= 0.6 is 0 Å². The molecule has 6 heteroatoms. The lowest BCUT2D eigenvalue weighted by molar-refractivity contribution is -0.158. The third kappa shape index (κ3) is 3.58. The van der Waals surface area contributed by atoms with Gasteiger partial charge >= 0.3 is 12.1 Å². The zero-order valence-electron chi connectivity index (χ0n) is 8.72. The van der Waals surface area contributed by atoms with Gasteiger partial charge in [0.15, 0.2) is 5.83 Å². The highest BCUT2D eigenvalue weighted by molar-refractivity contribution is 5.71. The monoisotopic (exact) mass is 248 g/mol. The van der Waals surface area contributed by atoms with E-state index in [1.165, 1.54) is 18.2 Å². The van der Waals surface area contributed by atoms with Gasteiger partial charge in [-0.05, 0) is 0 Å². The van der Waals surface area contributed by atoms with Crippen LogP contribution < -0.4 is 0 Å². The molecule has 0 fully saturated rings. The van der Waals surface area contributed by atoms with Crippen molar-refractivity contribution >= 4 is 11.8 Å². The number of carbonyl (C=O) groups excluding carboxylic acids is 1. The molecule has 0 aromatic heterocycles. The largest absolute Gasteiger partial charge is 0.452 e. The topological polar surface area (TPSA) is 26.3 Å². The van der Waals surface area contributed by atoms with Gasteiger partial charge in [-0.2, -0.15) is 13.2 Å². The third-order valence-electron chi connectivity index (χ3n) is 1.73. The Balaban J connectivity index is 3.24. The molecule has 0 saturated heterocycles. The molecule has 1 aromatic rings. The first-order valence-corrected chi connectivity index (χ1v) is 4.53. The smallest absolute Gasteiger partial charge is 0.418 e. The molecule has 0 aliphatic rings. The molecule has 0 bridgehead atoms. The van der Waals surface area contributed by atoms with Crippen LogP contribution in [0.3, 0.4) is 0 Å². The summed E-state index contributed by atoms with van der Waals surface area (Å²) < 4.78 is 54.7. The van der Waals surface area contributed by atoms with Crippen molar-refractivity contribution in [3.8, 4) is 0 Å². The molecule has 0 aliphatic carbocycles. The Morgan fingerprint density at radius 1 is 1.18 bits per heavy atom. The maximum Gasteiger partial charge on any atom is 0.452 e. The summed E-state index contributed by atoms with van der Waals surface area (Å²) >= 11 is 0. The van der Waals surface area contributed by atoms with Crippen molar-refractivity contribution in [1.29, 1.82) is 0 Å². The van der Waals surface area contributed by atoms with Crippen molar-refractivity contribution in [3.63, 3.8) is 0 Å². The maximum atomic E-state index is 13.5. The highest BCUT2D eigenvalue weighted by atomic mass is 19.4. The summed E-state index contributed by atoms with van der Waals surface area (Å²) in [4.78, 5) is 10.5. The molecule has 0 spiro atoms. The SMILES string of the molecule is CC(=O)O/C(=C(\F)c1ccccc1)C(F)(F)F. The Labute approximate surface area is 94.5 Å². The number of ether oxygens (including phenoxy) is 1. The molecular weight excluding hydrogens is 240 g/mol. The van der Waals surface area contributed by atoms with E-state index in [1.54, 1.807) is 0 Å². The first kappa shape index (κ1) is 13.2. The van der Waals surface area contributed by atoms with Gasteiger partial charge in [-0.3, -0.25) is 4.79 Å². The first-order valence-electron chi connectivity index (χ1n) is 4.53. The average molecular weight is 248 g/mol. The van der Waals surface area contributed by atoms with Crippen LogP contribution in [0, 0.1) is 0 Å². The second-order valence-electron chi connectivity index (χ2n) is 3.10. The van der Waals surface area contributed by atoms with E-state index in [2.05, 4.69) is 4.74 Å². The fourth-order valence-electron chi connectivity index (χ4n) is 1.09. The molecule has 0 atom stereocenters. The molecule has 0 unspecified atom stereocenters. The Hall–Kier alpha value is -1.85. The lowest BCUT2D eigenvalue weighted by Crippen LogP contribution is -2.18. The number of alkyl halides is 3. The number of carbonyl (C=O) groups is 1. The van der Waals surface area contributed by atoms with Crippen molar-refractivity contribution in [3.05, 3.63) is 41.7 Å². The van der Waals surface area contributed by atoms with E-state index in [0.717, 1.165) is 19.1 Å². The summed E-state index contributed by atoms with van der Waals surface area (Å²) in [7, 11) is 0. The molecule has 1 aromatic carbocycles. The number of allylic oxidation sites excluding steroid dienone is 1. The minimum atomic E-state index is -5.06. The number of rotatable bonds is 2. The van der Waals surface area contributed by atoms with Gasteiger partial charge in [0, 0.05) is 12.5 Å². The molecule has 2 nitrogen and oxygen atoms in total. The molecule has 92 valence electrons. The van der Waals surface area contributed by atoms with Gasteiger partial charge in [-0.25, -0.2) is 4.39 Å². The molecule has 0 heterocycles.